The van der Waals surface area contributed by atoms with Gasteiger partial charge in [-0.15, -0.1) is 0 Å². The summed E-state index contributed by atoms with van der Waals surface area (Å²) in [6.45, 7) is 1.74. The highest BCUT2D eigenvalue weighted by Crippen LogP contribution is 2.26. The van der Waals surface area contributed by atoms with Crippen molar-refractivity contribution >= 4 is 40.7 Å². The van der Waals surface area contributed by atoms with Crippen LogP contribution in [-0.4, -0.2) is 47.0 Å². The molecule has 0 saturated heterocycles. The van der Waals surface area contributed by atoms with Crippen molar-refractivity contribution in [1.82, 2.24) is 19.9 Å². The molecule has 3 aromatic rings. The molecule has 3 rings (SSSR count). The molecular weight excluding hydrogens is 409 g/mol. The topological polar surface area (TPSA) is 78.0 Å². The molecule has 0 amide bonds. The number of halogens is 2. The van der Waals surface area contributed by atoms with Gasteiger partial charge in [0, 0.05) is 23.8 Å². The first-order chi connectivity index (χ1) is 14.0. The minimum atomic E-state index is 0.506. The van der Waals surface area contributed by atoms with Crippen molar-refractivity contribution < 1.29 is 0 Å². The minimum absolute atomic E-state index is 0.506. The maximum absolute atomic E-state index is 6.22. The number of hydrogen-bond acceptors (Lipinski definition) is 7. The van der Waals surface area contributed by atoms with Gasteiger partial charge < -0.3 is 10.2 Å². The lowest BCUT2D eigenvalue weighted by molar-refractivity contribution is 0.405. The van der Waals surface area contributed by atoms with Crippen molar-refractivity contribution in [2.75, 3.05) is 43.4 Å². The first-order valence-corrected chi connectivity index (χ1v) is 9.93. The number of aromatic nitrogens is 3. The van der Waals surface area contributed by atoms with Gasteiger partial charge in [0.25, 0.3) is 0 Å². The van der Waals surface area contributed by atoms with Gasteiger partial charge in [0.1, 0.15) is 0 Å². The van der Waals surface area contributed by atoms with E-state index in [-0.39, 0.29) is 0 Å². The Morgan fingerprint density at radius 2 is 1.83 bits per heavy atom. The van der Waals surface area contributed by atoms with Crippen LogP contribution in [0.2, 0.25) is 10.0 Å². The maximum Gasteiger partial charge on any atom is 0.225 e. The van der Waals surface area contributed by atoms with Gasteiger partial charge in [-0.25, -0.2) is 4.98 Å². The van der Waals surface area contributed by atoms with Crippen LogP contribution in [0.3, 0.4) is 0 Å². The predicted molar refractivity (Wildman–Crippen MR) is 121 cm³/mol. The number of hydrazine groups is 1. The number of pyridine rings is 1. The molecule has 0 fully saturated rings. The maximum atomic E-state index is 6.22. The lowest BCUT2D eigenvalue weighted by Crippen LogP contribution is -2.17. The Morgan fingerprint density at radius 1 is 0.966 bits per heavy atom. The van der Waals surface area contributed by atoms with Crippen LogP contribution in [0.4, 0.5) is 17.5 Å². The molecule has 29 heavy (non-hydrogen) atoms. The highest BCUT2D eigenvalue weighted by molar-refractivity contribution is 6.36. The van der Waals surface area contributed by atoms with E-state index in [0.717, 1.165) is 25.2 Å². The zero-order chi connectivity index (χ0) is 20.6. The van der Waals surface area contributed by atoms with E-state index < -0.39 is 0 Å². The molecule has 0 aliphatic carbocycles. The Kier molecular flexibility index (Phi) is 7.46. The molecule has 0 unspecified atom stereocenters. The largest absolute Gasteiger partial charge is 0.354 e. The summed E-state index contributed by atoms with van der Waals surface area (Å²) in [6.07, 6.45) is 2.71. The zero-order valence-corrected chi connectivity index (χ0v) is 17.8. The van der Waals surface area contributed by atoms with Crippen LogP contribution >= 0.6 is 23.2 Å². The lowest BCUT2D eigenvalue weighted by Gasteiger charge is -2.14. The standard InChI is InChI=1S/C20H23Cl2N7/c1-29(2)11-5-10-24-20-25-18(17-6-3-4-9-23-17)13-19(26-20)28-27-16-8-7-14(21)12-15(16)22/h3-4,6-9,12-13,27H,5,10-11H2,1-2H3,(H2,24,25,26,28). The second-order valence-electron chi connectivity index (χ2n) is 6.63. The molecule has 0 radical (unpaired) electrons. The van der Waals surface area contributed by atoms with E-state index in [1.165, 1.54) is 0 Å². The van der Waals surface area contributed by atoms with Crippen molar-refractivity contribution in [3.63, 3.8) is 0 Å². The Labute approximate surface area is 180 Å². The van der Waals surface area contributed by atoms with Crippen LogP contribution in [0.5, 0.6) is 0 Å². The first kappa shape index (κ1) is 21.1. The third kappa shape index (κ3) is 6.45. The summed E-state index contributed by atoms with van der Waals surface area (Å²) in [4.78, 5) is 15.6. The fourth-order valence-corrected chi connectivity index (χ4v) is 3.01. The van der Waals surface area contributed by atoms with Crippen LogP contribution in [0.15, 0.2) is 48.7 Å². The van der Waals surface area contributed by atoms with E-state index >= 15 is 0 Å². The van der Waals surface area contributed by atoms with Crippen LogP contribution in [-0.2, 0) is 0 Å². The monoisotopic (exact) mass is 431 g/mol. The molecule has 0 saturated carbocycles. The molecular formula is C20H23Cl2N7. The number of hydrogen-bond donors (Lipinski definition) is 3. The highest BCUT2D eigenvalue weighted by Gasteiger charge is 2.08. The Hall–Kier alpha value is -2.61. The van der Waals surface area contributed by atoms with E-state index in [1.807, 2.05) is 38.4 Å². The second kappa shape index (κ2) is 10.2. The molecule has 0 spiro atoms. The number of benzene rings is 1. The molecule has 0 aliphatic heterocycles. The first-order valence-electron chi connectivity index (χ1n) is 9.17. The SMILES string of the molecule is CN(C)CCCNc1nc(NNc2ccc(Cl)cc2Cl)cc(-c2ccccn2)n1. The average Bonchev–Trinajstić information content (AvgIpc) is 2.71. The summed E-state index contributed by atoms with van der Waals surface area (Å²) >= 11 is 12.2. The highest BCUT2D eigenvalue weighted by atomic mass is 35.5. The van der Waals surface area contributed by atoms with Gasteiger partial charge in [0.2, 0.25) is 5.95 Å². The van der Waals surface area contributed by atoms with E-state index in [0.29, 0.717) is 33.2 Å². The number of rotatable bonds is 9. The Bertz CT molecular complexity index is 935. The summed E-state index contributed by atoms with van der Waals surface area (Å²) in [5, 5.41) is 4.36. The normalized spacial score (nSPS) is 10.8. The van der Waals surface area contributed by atoms with E-state index in [4.69, 9.17) is 23.2 Å². The second-order valence-corrected chi connectivity index (χ2v) is 7.48. The van der Waals surface area contributed by atoms with Crippen LogP contribution in [0.25, 0.3) is 11.4 Å². The van der Waals surface area contributed by atoms with Crippen molar-refractivity contribution in [2.24, 2.45) is 0 Å². The van der Waals surface area contributed by atoms with Gasteiger partial charge in [0.05, 0.1) is 22.1 Å². The molecule has 0 atom stereocenters. The predicted octanol–water partition coefficient (Wildman–Crippen LogP) is 4.65. The molecule has 2 heterocycles. The van der Waals surface area contributed by atoms with Gasteiger partial charge in [-0.3, -0.25) is 15.8 Å². The molecule has 2 aromatic heterocycles. The summed E-state index contributed by atoms with van der Waals surface area (Å²) in [5.41, 5.74) is 8.30. The quantitative estimate of drug-likeness (QED) is 0.336. The molecule has 0 bridgehead atoms. The van der Waals surface area contributed by atoms with Crippen molar-refractivity contribution in [2.45, 2.75) is 6.42 Å². The van der Waals surface area contributed by atoms with E-state index in [9.17, 15) is 0 Å². The van der Waals surface area contributed by atoms with Gasteiger partial charge in [0.15, 0.2) is 5.82 Å². The molecule has 1 aromatic carbocycles. The zero-order valence-electron chi connectivity index (χ0n) is 16.3. The third-order valence-electron chi connectivity index (χ3n) is 3.98. The summed E-state index contributed by atoms with van der Waals surface area (Å²) in [6, 6.07) is 12.7. The fraction of sp³-hybridized carbons (Fsp3) is 0.250. The van der Waals surface area contributed by atoms with Crippen LogP contribution < -0.4 is 16.2 Å². The van der Waals surface area contributed by atoms with Gasteiger partial charge in [-0.2, -0.15) is 4.98 Å². The molecule has 152 valence electrons. The summed E-state index contributed by atoms with van der Waals surface area (Å²) in [5.74, 6) is 1.11. The Balaban J connectivity index is 1.78. The van der Waals surface area contributed by atoms with Gasteiger partial charge >= 0.3 is 0 Å². The van der Waals surface area contributed by atoms with Crippen molar-refractivity contribution in [3.8, 4) is 11.4 Å². The lowest BCUT2D eigenvalue weighted by atomic mass is 10.2. The molecule has 3 N–H and O–H groups in total. The van der Waals surface area contributed by atoms with Gasteiger partial charge in [-0.05, 0) is 57.4 Å². The fourth-order valence-electron chi connectivity index (χ4n) is 2.55. The third-order valence-corrected chi connectivity index (χ3v) is 4.52. The van der Waals surface area contributed by atoms with Crippen molar-refractivity contribution in [3.05, 3.63) is 58.7 Å². The Morgan fingerprint density at radius 3 is 2.55 bits per heavy atom. The molecule has 0 aliphatic rings. The molecule has 9 heteroatoms. The molecule has 7 nitrogen and oxygen atoms in total. The van der Waals surface area contributed by atoms with E-state index in [2.05, 4.69) is 36.0 Å². The number of anilines is 3. The van der Waals surface area contributed by atoms with Crippen LogP contribution in [0.1, 0.15) is 6.42 Å². The number of nitrogens with one attached hydrogen (secondary N) is 3. The average molecular weight is 432 g/mol. The van der Waals surface area contributed by atoms with Crippen LogP contribution in [0, 0.1) is 0 Å². The van der Waals surface area contributed by atoms with Gasteiger partial charge in [-0.1, -0.05) is 29.3 Å². The minimum Gasteiger partial charge on any atom is -0.354 e. The smallest absolute Gasteiger partial charge is 0.225 e. The number of nitrogens with zero attached hydrogens (tertiary/aromatic N) is 4. The summed E-state index contributed by atoms with van der Waals surface area (Å²) < 4.78 is 0. The summed E-state index contributed by atoms with van der Waals surface area (Å²) in [7, 11) is 4.10. The van der Waals surface area contributed by atoms with E-state index in [1.54, 1.807) is 24.4 Å². The van der Waals surface area contributed by atoms with Crippen molar-refractivity contribution in [1.29, 1.82) is 0 Å².